The van der Waals surface area contributed by atoms with Gasteiger partial charge < -0.3 is 10.2 Å². The number of hydrogen-bond donors (Lipinski definition) is 2. The second kappa shape index (κ2) is 8.03. The van der Waals surface area contributed by atoms with Crippen molar-refractivity contribution in [2.75, 3.05) is 4.90 Å². The highest BCUT2D eigenvalue weighted by Crippen LogP contribution is 2.74. The molecule has 7 heteroatoms. The van der Waals surface area contributed by atoms with Crippen LogP contribution in [0, 0.1) is 51.8 Å². The summed E-state index contributed by atoms with van der Waals surface area (Å²) in [5, 5.41) is 19.8. The van der Waals surface area contributed by atoms with Crippen molar-refractivity contribution in [2.24, 2.45) is 51.8 Å². The summed E-state index contributed by atoms with van der Waals surface area (Å²) < 4.78 is 0. The Bertz CT molecular complexity index is 1300. The molecule has 202 valence electrons. The van der Waals surface area contributed by atoms with Gasteiger partial charge in [-0.1, -0.05) is 44.9 Å². The molecule has 1 heterocycles. The first kappa shape index (κ1) is 25.3. The lowest BCUT2D eigenvalue weighted by Gasteiger charge is -2.68. The van der Waals surface area contributed by atoms with Crippen molar-refractivity contribution in [1.29, 1.82) is 0 Å². The zero-order chi connectivity index (χ0) is 27.4. The van der Waals surface area contributed by atoms with E-state index >= 15 is 0 Å². The predicted molar refractivity (Wildman–Crippen MR) is 140 cm³/mol. The molecule has 1 spiro atoms. The fraction of sp³-hybridized carbons (Fsp3) is 0.613. The minimum atomic E-state index is -1.10. The molecular weight excluding hydrogens is 482 g/mol. The second-order valence-electron chi connectivity index (χ2n) is 13.4. The third-order valence-electron chi connectivity index (χ3n) is 11.5. The zero-order valence-corrected chi connectivity index (χ0v) is 22.6. The van der Waals surface area contributed by atoms with Crippen LogP contribution in [-0.2, 0) is 14.4 Å². The van der Waals surface area contributed by atoms with E-state index < -0.39 is 34.6 Å². The Kier molecular flexibility index (Phi) is 5.35. The minimum absolute atomic E-state index is 0.0288. The Hall–Kier alpha value is -2.96. The molecule has 2 amide bonds. The molecule has 1 aromatic rings. The molecule has 6 aliphatic rings. The predicted octanol–water partition coefficient (Wildman–Crippen LogP) is 5.40. The number of rotatable bonds is 4. The van der Waals surface area contributed by atoms with Crippen LogP contribution in [0.4, 0.5) is 5.69 Å². The number of nitrogens with zero attached hydrogens (tertiary/aromatic N) is 1. The van der Waals surface area contributed by atoms with E-state index in [0.717, 1.165) is 25.7 Å². The van der Waals surface area contributed by atoms with Crippen molar-refractivity contribution in [2.45, 2.75) is 66.2 Å². The number of fused-ring (bicyclic) bond motifs is 1. The fourth-order valence-corrected chi connectivity index (χ4v) is 9.99. The number of allylic oxidation sites excluding steroid dienone is 2. The number of anilines is 1. The van der Waals surface area contributed by atoms with Crippen LogP contribution in [0.1, 0.15) is 76.6 Å². The van der Waals surface area contributed by atoms with Gasteiger partial charge in [-0.3, -0.25) is 14.4 Å². The summed E-state index contributed by atoms with van der Waals surface area (Å²) in [6, 6.07) is 6.10. The van der Waals surface area contributed by atoms with Gasteiger partial charge in [-0.2, -0.15) is 0 Å². The van der Waals surface area contributed by atoms with E-state index in [2.05, 4.69) is 26.8 Å². The number of aliphatic carboxylic acids is 1. The summed E-state index contributed by atoms with van der Waals surface area (Å²) >= 11 is 0. The molecule has 3 saturated carbocycles. The molecule has 5 aliphatic carbocycles. The smallest absolute Gasteiger partial charge is 0.335 e. The third kappa shape index (κ3) is 3.02. The molecule has 2 N–H and O–H groups in total. The number of hydrogen-bond acceptors (Lipinski definition) is 4. The Balaban J connectivity index is 1.48. The molecule has 0 radical (unpaired) electrons. The standard InChI is InChI=1S/C31H37NO6/c1-16(2)20-15-31-12-9-21-29(3,10-6-11-30(21,4)28(37)38)22(31)14-19(20)23-24(31)26(34)32(25(23)33)18-8-5-7-17(13-18)27(35)36/h5,7-8,13,15-16,19,21-24H,6,9-12,14H2,1-4H3,(H,35,36)(H,37,38)/t19-,21+,22+,23+,24-,29+,30-,31+/m1/s1. The topological polar surface area (TPSA) is 112 Å². The van der Waals surface area contributed by atoms with Gasteiger partial charge in [-0.05, 0) is 86.3 Å². The molecule has 4 fully saturated rings. The number of carbonyl (C=O) groups excluding carboxylic acids is 2. The van der Waals surface area contributed by atoms with Crippen molar-refractivity contribution in [1.82, 2.24) is 0 Å². The van der Waals surface area contributed by atoms with Crippen molar-refractivity contribution >= 4 is 29.4 Å². The van der Waals surface area contributed by atoms with Crippen LogP contribution in [0.2, 0.25) is 0 Å². The average Bonchev–Trinajstić information content (AvgIpc) is 3.15. The highest BCUT2D eigenvalue weighted by Gasteiger charge is 2.73. The van der Waals surface area contributed by atoms with Gasteiger partial charge in [0.15, 0.2) is 0 Å². The highest BCUT2D eigenvalue weighted by molar-refractivity contribution is 6.23. The first-order valence-electron chi connectivity index (χ1n) is 14.0. The lowest BCUT2D eigenvalue weighted by molar-refractivity contribution is -0.194. The third-order valence-corrected chi connectivity index (χ3v) is 11.5. The molecule has 8 atom stereocenters. The number of carboxylic acids is 2. The van der Waals surface area contributed by atoms with Crippen molar-refractivity contribution in [3.05, 3.63) is 41.5 Å². The van der Waals surface area contributed by atoms with Gasteiger partial charge >= 0.3 is 11.9 Å². The van der Waals surface area contributed by atoms with Gasteiger partial charge in [0.1, 0.15) is 0 Å². The van der Waals surface area contributed by atoms with E-state index in [0.29, 0.717) is 18.5 Å². The van der Waals surface area contributed by atoms with Gasteiger partial charge in [0, 0.05) is 5.41 Å². The van der Waals surface area contributed by atoms with Crippen molar-refractivity contribution < 1.29 is 29.4 Å². The molecule has 1 saturated heterocycles. The van der Waals surface area contributed by atoms with Crippen LogP contribution in [0.5, 0.6) is 0 Å². The first-order chi connectivity index (χ1) is 17.9. The summed E-state index contributed by atoms with van der Waals surface area (Å²) in [7, 11) is 0. The summed E-state index contributed by atoms with van der Waals surface area (Å²) in [4.78, 5) is 53.8. The van der Waals surface area contributed by atoms with Crippen molar-refractivity contribution in [3.8, 4) is 0 Å². The van der Waals surface area contributed by atoms with Crippen LogP contribution >= 0.6 is 0 Å². The molecule has 38 heavy (non-hydrogen) atoms. The Morgan fingerprint density at radius 1 is 1.03 bits per heavy atom. The van der Waals surface area contributed by atoms with Crippen LogP contribution < -0.4 is 4.90 Å². The molecule has 7 nitrogen and oxygen atoms in total. The largest absolute Gasteiger partial charge is 0.481 e. The quantitative estimate of drug-likeness (QED) is 0.407. The van der Waals surface area contributed by atoms with Gasteiger partial charge in [-0.25, -0.2) is 9.69 Å². The number of imide groups is 1. The number of carboxylic acid groups (broad SMARTS) is 2. The summed E-state index contributed by atoms with van der Waals surface area (Å²) in [6.07, 6.45) is 7.05. The van der Waals surface area contributed by atoms with Crippen LogP contribution in [0.3, 0.4) is 0 Å². The maximum absolute atomic E-state index is 14.3. The normalized spacial score (nSPS) is 41.4. The number of carbonyl (C=O) groups is 4. The van der Waals surface area contributed by atoms with E-state index in [-0.39, 0.29) is 46.5 Å². The molecule has 0 aromatic heterocycles. The molecular formula is C31H37NO6. The lowest BCUT2D eigenvalue weighted by Crippen LogP contribution is -2.65. The molecule has 7 rings (SSSR count). The van der Waals surface area contributed by atoms with Crippen molar-refractivity contribution in [3.63, 3.8) is 0 Å². The molecule has 1 aliphatic heterocycles. The molecule has 1 aromatic carbocycles. The zero-order valence-electron chi connectivity index (χ0n) is 22.6. The summed E-state index contributed by atoms with van der Waals surface area (Å²) in [5.41, 5.74) is 0.112. The van der Waals surface area contributed by atoms with E-state index in [1.165, 1.54) is 22.6 Å². The Morgan fingerprint density at radius 2 is 1.76 bits per heavy atom. The van der Waals surface area contributed by atoms with Gasteiger partial charge in [0.2, 0.25) is 11.8 Å². The van der Waals surface area contributed by atoms with Crippen LogP contribution in [0.25, 0.3) is 0 Å². The molecule has 2 bridgehead atoms. The maximum Gasteiger partial charge on any atom is 0.335 e. The SMILES string of the molecule is CC(C)C1=C[C@@]23CC[C@H]4[C@](C)(CCC[C@@]4(C)C(=O)O)[C@@H]2C[C@H]1[C@@H]1C(=O)N(c2cccc(C(=O)O)c2)C(=O)[C@@H]13. The van der Waals surface area contributed by atoms with E-state index in [4.69, 9.17) is 0 Å². The lowest BCUT2D eigenvalue weighted by atomic mass is 9.34. The van der Waals surface area contributed by atoms with E-state index in [1.807, 2.05) is 6.92 Å². The average molecular weight is 520 g/mol. The minimum Gasteiger partial charge on any atom is -0.481 e. The van der Waals surface area contributed by atoms with E-state index in [1.54, 1.807) is 12.1 Å². The van der Waals surface area contributed by atoms with E-state index in [9.17, 15) is 29.4 Å². The van der Waals surface area contributed by atoms with Gasteiger partial charge in [0.05, 0.1) is 28.5 Å². The number of amides is 2. The first-order valence-corrected chi connectivity index (χ1v) is 14.0. The second-order valence-corrected chi connectivity index (χ2v) is 13.4. The van der Waals surface area contributed by atoms with Gasteiger partial charge in [0.25, 0.3) is 0 Å². The van der Waals surface area contributed by atoms with Gasteiger partial charge in [-0.15, -0.1) is 0 Å². The van der Waals surface area contributed by atoms with Crippen LogP contribution in [0.15, 0.2) is 35.9 Å². The number of aromatic carboxylic acids is 1. The highest BCUT2D eigenvalue weighted by atomic mass is 16.4. The Morgan fingerprint density at radius 3 is 2.42 bits per heavy atom. The Labute approximate surface area is 223 Å². The fourth-order valence-electron chi connectivity index (χ4n) is 9.99. The molecule has 0 unspecified atom stereocenters. The maximum atomic E-state index is 14.3. The monoisotopic (exact) mass is 519 g/mol. The van der Waals surface area contributed by atoms with Crippen LogP contribution in [-0.4, -0.2) is 34.0 Å². The summed E-state index contributed by atoms with van der Waals surface area (Å²) in [6.45, 7) is 8.48. The number of benzene rings is 1. The summed E-state index contributed by atoms with van der Waals surface area (Å²) in [5.74, 6) is -2.89.